The number of hydrogen-bond donors (Lipinski definition) is 1. The number of aliphatic hydroxyl groups is 1. The van der Waals surface area contributed by atoms with Crippen molar-refractivity contribution in [3.05, 3.63) is 94.8 Å². The number of anilines is 1. The molecule has 35 heavy (non-hydrogen) atoms. The number of hydrogen-bond acceptors (Lipinski definition) is 6. The average Bonchev–Trinajstić information content (AvgIpc) is 3.35. The topological polar surface area (TPSA) is 83.0 Å². The van der Waals surface area contributed by atoms with Crippen molar-refractivity contribution in [3.8, 4) is 5.75 Å². The Morgan fingerprint density at radius 2 is 1.91 bits per heavy atom. The SMILES string of the molecule is C[C@@H]1Cc2cc(C(O)=C3C(=O)C(=O)N(Cc4cccnc4)[C@H]3c3ccc(N(C)C)cc3)ccc2O1. The summed E-state index contributed by atoms with van der Waals surface area (Å²) in [5.74, 6) is -0.739. The van der Waals surface area contributed by atoms with Gasteiger partial charge in [0.25, 0.3) is 11.7 Å². The van der Waals surface area contributed by atoms with Crippen LogP contribution in [0.25, 0.3) is 5.76 Å². The summed E-state index contributed by atoms with van der Waals surface area (Å²) in [6.07, 6.45) is 4.12. The van der Waals surface area contributed by atoms with Gasteiger partial charge in [0.1, 0.15) is 17.6 Å². The van der Waals surface area contributed by atoms with Crippen LogP contribution in [0.4, 0.5) is 5.69 Å². The van der Waals surface area contributed by atoms with Crippen LogP contribution in [-0.4, -0.2) is 46.9 Å². The van der Waals surface area contributed by atoms with Crippen molar-refractivity contribution in [2.45, 2.75) is 32.0 Å². The van der Waals surface area contributed by atoms with Gasteiger partial charge in [0.15, 0.2) is 0 Å². The number of likely N-dealkylation sites (tertiary alicyclic amines) is 1. The minimum atomic E-state index is -0.727. The lowest BCUT2D eigenvalue weighted by Gasteiger charge is -2.26. The van der Waals surface area contributed by atoms with Crippen molar-refractivity contribution in [2.24, 2.45) is 0 Å². The Hall–Kier alpha value is -4.13. The Labute approximate surface area is 204 Å². The fraction of sp³-hybridized carbons (Fsp3) is 0.250. The van der Waals surface area contributed by atoms with Gasteiger partial charge in [-0.3, -0.25) is 14.6 Å². The van der Waals surface area contributed by atoms with E-state index in [1.165, 1.54) is 4.90 Å². The van der Waals surface area contributed by atoms with E-state index in [4.69, 9.17) is 4.74 Å². The molecule has 3 aromatic rings. The van der Waals surface area contributed by atoms with Gasteiger partial charge >= 0.3 is 0 Å². The smallest absolute Gasteiger partial charge is 0.295 e. The molecule has 7 heteroatoms. The number of pyridine rings is 1. The summed E-state index contributed by atoms with van der Waals surface area (Å²) < 4.78 is 5.77. The molecule has 2 aromatic carbocycles. The number of benzene rings is 2. The largest absolute Gasteiger partial charge is 0.507 e. The van der Waals surface area contributed by atoms with Crippen molar-refractivity contribution < 1.29 is 19.4 Å². The molecule has 5 rings (SSSR count). The molecule has 7 nitrogen and oxygen atoms in total. The maximum Gasteiger partial charge on any atom is 0.295 e. The minimum Gasteiger partial charge on any atom is -0.507 e. The fourth-order valence-corrected chi connectivity index (χ4v) is 4.76. The molecule has 0 saturated carbocycles. The van der Waals surface area contributed by atoms with E-state index in [2.05, 4.69) is 4.98 Å². The number of ketones is 1. The van der Waals surface area contributed by atoms with Gasteiger partial charge < -0.3 is 19.6 Å². The van der Waals surface area contributed by atoms with Crippen molar-refractivity contribution in [1.29, 1.82) is 0 Å². The second kappa shape index (κ2) is 8.91. The summed E-state index contributed by atoms with van der Waals surface area (Å²) in [5, 5.41) is 11.4. The van der Waals surface area contributed by atoms with Crippen LogP contribution in [0.1, 0.15) is 35.2 Å². The average molecular weight is 470 g/mol. The van der Waals surface area contributed by atoms with Crippen LogP contribution in [0.2, 0.25) is 0 Å². The highest BCUT2D eigenvalue weighted by Crippen LogP contribution is 2.41. The van der Waals surface area contributed by atoms with Crippen molar-refractivity contribution in [3.63, 3.8) is 0 Å². The van der Waals surface area contributed by atoms with E-state index >= 15 is 0 Å². The molecule has 1 amide bonds. The first-order valence-electron chi connectivity index (χ1n) is 11.6. The van der Waals surface area contributed by atoms with E-state index in [1.807, 2.05) is 62.3 Å². The second-order valence-electron chi connectivity index (χ2n) is 9.23. The molecule has 0 radical (unpaired) electrons. The van der Waals surface area contributed by atoms with Crippen molar-refractivity contribution >= 4 is 23.1 Å². The third kappa shape index (κ3) is 4.14. The van der Waals surface area contributed by atoms with Gasteiger partial charge in [-0.2, -0.15) is 0 Å². The fourth-order valence-electron chi connectivity index (χ4n) is 4.76. The van der Waals surface area contributed by atoms with E-state index < -0.39 is 17.7 Å². The highest BCUT2D eigenvalue weighted by atomic mass is 16.5. The van der Waals surface area contributed by atoms with Crippen LogP contribution >= 0.6 is 0 Å². The zero-order chi connectivity index (χ0) is 24.7. The van der Waals surface area contributed by atoms with E-state index in [0.717, 1.165) is 34.5 Å². The lowest BCUT2D eigenvalue weighted by Crippen LogP contribution is -2.29. The van der Waals surface area contributed by atoms with Gasteiger partial charge in [-0.05, 0) is 60.0 Å². The monoisotopic (exact) mass is 469 g/mol. The maximum absolute atomic E-state index is 13.3. The van der Waals surface area contributed by atoms with Crippen LogP contribution in [0.5, 0.6) is 5.75 Å². The molecular formula is C28H27N3O4. The first-order valence-corrected chi connectivity index (χ1v) is 11.6. The van der Waals surface area contributed by atoms with Crippen molar-refractivity contribution in [2.75, 3.05) is 19.0 Å². The number of ether oxygens (including phenoxy) is 1. The minimum absolute atomic E-state index is 0.0580. The van der Waals surface area contributed by atoms with Gasteiger partial charge in [0, 0.05) is 50.7 Å². The summed E-state index contributed by atoms with van der Waals surface area (Å²) in [6, 6.07) is 16.0. The number of carbonyl (C=O) groups excluding carboxylic acids is 2. The number of rotatable bonds is 5. The molecule has 2 aliphatic rings. The number of aliphatic hydroxyl groups excluding tert-OH is 1. The van der Waals surface area contributed by atoms with E-state index in [0.29, 0.717) is 5.56 Å². The first-order chi connectivity index (χ1) is 16.8. The molecule has 1 saturated heterocycles. The molecule has 1 aromatic heterocycles. The number of amides is 1. The summed E-state index contributed by atoms with van der Waals surface area (Å²) in [4.78, 5) is 34.2. The molecular weight excluding hydrogens is 442 g/mol. The summed E-state index contributed by atoms with van der Waals surface area (Å²) in [5.41, 5.74) is 4.09. The second-order valence-corrected chi connectivity index (χ2v) is 9.23. The molecule has 178 valence electrons. The first kappa shape index (κ1) is 22.7. The van der Waals surface area contributed by atoms with Crippen LogP contribution in [-0.2, 0) is 22.6 Å². The molecule has 1 N–H and O–H groups in total. The number of carbonyl (C=O) groups is 2. The standard InChI is InChI=1S/C28H27N3O4/c1-17-13-21-14-20(8-11-23(21)35-17)26(32)24-25(19-6-9-22(10-7-19)30(2)3)31(28(34)27(24)33)16-18-5-4-12-29-15-18/h4-12,14-15,17,25,32H,13,16H2,1-3H3/t17-,25+/m1/s1. The Kier molecular flexibility index (Phi) is 5.76. The van der Waals surface area contributed by atoms with Crippen molar-refractivity contribution in [1.82, 2.24) is 9.88 Å². The third-order valence-corrected chi connectivity index (χ3v) is 6.51. The highest BCUT2D eigenvalue weighted by Gasteiger charge is 2.46. The molecule has 3 heterocycles. The van der Waals surface area contributed by atoms with Gasteiger partial charge in [-0.25, -0.2) is 0 Å². The maximum atomic E-state index is 13.3. The summed E-state index contributed by atoms with van der Waals surface area (Å²) in [7, 11) is 3.89. The predicted molar refractivity (Wildman–Crippen MR) is 133 cm³/mol. The van der Waals surface area contributed by atoms with E-state index in [-0.39, 0.29) is 24.0 Å². The molecule has 2 atom stereocenters. The van der Waals surface area contributed by atoms with Crippen LogP contribution in [0.15, 0.2) is 72.6 Å². The number of fused-ring (bicyclic) bond motifs is 1. The Balaban J connectivity index is 1.62. The van der Waals surface area contributed by atoms with Gasteiger partial charge in [-0.1, -0.05) is 18.2 Å². The van der Waals surface area contributed by atoms with Crippen LogP contribution in [0, 0.1) is 0 Å². The molecule has 1 fully saturated rings. The molecule has 0 bridgehead atoms. The van der Waals surface area contributed by atoms with Gasteiger partial charge in [-0.15, -0.1) is 0 Å². The molecule has 2 aliphatic heterocycles. The normalized spacial score (nSPS) is 20.6. The van der Waals surface area contributed by atoms with E-state index in [9.17, 15) is 14.7 Å². The third-order valence-electron chi connectivity index (χ3n) is 6.51. The Bertz CT molecular complexity index is 1320. The molecule has 0 spiro atoms. The molecule has 0 unspecified atom stereocenters. The summed E-state index contributed by atoms with van der Waals surface area (Å²) >= 11 is 0. The zero-order valence-electron chi connectivity index (χ0n) is 19.9. The molecule has 0 aliphatic carbocycles. The van der Waals surface area contributed by atoms with E-state index in [1.54, 1.807) is 30.6 Å². The quantitative estimate of drug-likeness (QED) is 0.344. The van der Waals surface area contributed by atoms with Gasteiger partial charge in [0.2, 0.25) is 0 Å². The lowest BCUT2D eigenvalue weighted by atomic mass is 9.94. The number of Topliss-reactive ketones (excluding diaryl/α,β-unsaturated/α-hetero) is 1. The highest BCUT2D eigenvalue weighted by molar-refractivity contribution is 6.46. The Morgan fingerprint density at radius 3 is 2.60 bits per heavy atom. The summed E-state index contributed by atoms with van der Waals surface area (Å²) in [6.45, 7) is 2.19. The predicted octanol–water partition coefficient (Wildman–Crippen LogP) is 4.09. The van der Waals surface area contributed by atoms with Crippen LogP contribution in [0.3, 0.4) is 0 Å². The zero-order valence-corrected chi connectivity index (χ0v) is 19.9. The lowest BCUT2D eigenvalue weighted by molar-refractivity contribution is -0.140. The van der Waals surface area contributed by atoms with Crippen LogP contribution < -0.4 is 9.64 Å². The Morgan fingerprint density at radius 1 is 1.14 bits per heavy atom. The number of nitrogens with zero attached hydrogens (tertiary/aromatic N) is 3. The van der Waals surface area contributed by atoms with Gasteiger partial charge in [0.05, 0.1) is 11.6 Å². The number of aromatic nitrogens is 1.